The number of allylic oxidation sites excluding steroid dienone is 1. The summed E-state index contributed by atoms with van der Waals surface area (Å²) in [5, 5.41) is 12.0. The van der Waals surface area contributed by atoms with E-state index in [0.29, 0.717) is 23.8 Å². The highest BCUT2D eigenvalue weighted by Gasteiger charge is 2.14. The second kappa shape index (κ2) is 9.32. The first kappa shape index (κ1) is 19.8. The second-order valence-electron chi connectivity index (χ2n) is 6.22. The van der Waals surface area contributed by atoms with E-state index in [9.17, 15) is 9.18 Å². The summed E-state index contributed by atoms with van der Waals surface area (Å²) < 4.78 is 15.3. The van der Waals surface area contributed by atoms with E-state index in [1.165, 1.54) is 17.8 Å². The SMILES string of the molecule is C=CCn1c(SCC(=O)NCc2ccc(F)c(C)c2)nnc1-c1ccccc1. The summed E-state index contributed by atoms with van der Waals surface area (Å²) in [6.07, 6.45) is 1.77. The van der Waals surface area contributed by atoms with Crippen LogP contribution in [0, 0.1) is 12.7 Å². The molecule has 0 atom stereocenters. The molecule has 0 bridgehead atoms. The van der Waals surface area contributed by atoms with Gasteiger partial charge in [0.15, 0.2) is 11.0 Å². The van der Waals surface area contributed by atoms with Gasteiger partial charge >= 0.3 is 0 Å². The lowest BCUT2D eigenvalue weighted by molar-refractivity contribution is -0.118. The van der Waals surface area contributed by atoms with Crippen LogP contribution in [0.2, 0.25) is 0 Å². The van der Waals surface area contributed by atoms with Crippen molar-refractivity contribution in [2.75, 3.05) is 5.75 Å². The van der Waals surface area contributed by atoms with Crippen LogP contribution in [0.3, 0.4) is 0 Å². The summed E-state index contributed by atoms with van der Waals surface area (Å²) in [6, 6.07) is 14.6. The molecule has 5 nitrogen and oxygen atoms in total. The molecule has 0 aliphatic rings. The molecular formula is C21H21FN4OS. The van der Waals surface area contributed by atoms with Gasteiger partial charge in [-0.3, -0.25) is 9.36 Å². The lowest BCUT2D eigenvalue weighted by atomic mass is 10.1. The first-order valence-corrected chi connectivity index (χ1v) is 9.81. The first-order chi connectivity index (χ1) is 13.6. The van der Waals surface area contributed by atoms with Crippen LogP contribution in [0.1, 0.15) is 11.1 Å². The van der Waals surface area contributed by atoms with Crippen molar-refractivity contribution >= 4 is 17.7 Å². The maximum Gasteiger partial charge on any atom is 0.230 e. The fourth-order valence-corrected chi connectivity index (χ4v) is 3.47. The van der Waals surface area contributed by atoms with Gasteiger partial charge in [-0.1, -0.05) is 60.3 Å². The standard InChI is InChI=1S/C21H21FN4OS/c1-3-11-26-20(17-7-5-4-6-8-17)24-25-21(26)28-14-19(27)23-13-16-9-10-18(22)15(2)12-16/h3-10,12H,1,11,13-14H2,2H3,(H,23,27). The van der Waals surface area contributed by atoms with E-state index in [1.807, 2.05) is 34.9 Å². The van der Waals surface area contributed by atoms with Gasteiger partial charge in [0.25, 0.3) is 0 Å². The molecule has 3 rings (SSSR count). The predicted molar refractivity (Wildman–Crippen MR) is 109 cm³/mol. The first-order valence-electron chi connectivity index (χ1n) is 8.82. The number of hydrogen-bond donors (Lipinski definition) is 1. The quantitative estimate of drug-likeness (QED) is 0.462. The van der Waals surface area contributed by atoms with E-state index < -0.39 is 0 Å². The number of carbonyl (C=O) groups is 1. The van der Waals surface area contributed by atoms with Crippen molar-refractivity contribution in [1.82, 2.24) is 20.1 Å². The third kappa shape index (κ3) is 4.86. The molecule has 0 fully saturated rings. The number of nitrogens with one attached hydrogen (secondary N) is 1. The molecule has 0 spiro atoms. The zero-order valence-electron chi connectivity index (χ0n) is 15.6. The molecule has 2 aromatic carbocycles. The fourth-order valence-electron chi connectivity index (χ4n) is 2.69. The minimum atomic E-state index is -0.249. The van der Waals surface area contributed by atoms with Crippen LogP contribution < -0.4 is 5.32 Å². The van der Waals surface area contributed by atoms with E-state index in [4.69, 9.17) is 0 Å². The van der Waals surface area contributed by atoms with Gasteiger partial charge < -0.3 is 5.32 Å². The number of rotatable bonds is 8. The Morgan fingerprint density at radius 1 is 1.25 bits per heavy atom. The van der Waals surface area contributed by atoms with Crippen molar-refractivity contribution in [3.63, 3.8) is 0 Å². The summed E-state index contributed by atoms with van der Waals surface area (Å²) in [5.41, 5.74) is 2.38. The molecule has 144 valence electrons. The normalized spacial score (nSPS) is 10.6. The highest BCUT2D eigenvalue weighted by molar-refractivity contribution is 7.99. The van der Waals surface area contributed by atoms with Crippen molar-refractivity contribution in [3.8, 4) is 11.4 Å². The van der Waals surface area contributed by atoms with Crippen molar-refractivity contribution in [1.29, 1.82) is 0 Å². The third-order valence-corrected chi connectivity index (χ3v) is 5.07. The largest absolute Gasteiger partial charge is 0.351 e. The Morgan fingerprint density at radius 3 is 2.75 bits per heavy atom. The number of benzene rings is 2. The third-order valence-electron chi connectivity index (χ3n) is 4.10. The fraction of sp³-hybridized carbons (Fsp3) is 0.190. The Bertz CT molecular complexity index is 972. The number of nitrogens with zero attached hydrogens (tertiary/aromatic N) is 3. The summed E-state index contributed by atoms with van der Waals surface area (Å²) in [5.74, 6) is 0.581. The lowest BCUT2D eigenvalue weighted by Gasteiger charge is -2.08. The van der Waals surface area contributed by atoms with Crippen LogP contribution in [0.15, 0.2) is 66.3 Å². The van der Waals surface area contributed by atoms with Crippen LogP contribution >= 0.6 is 11.8 Å². The van der Waals surface area contributed by atoms with Gasteiger partial charge in [0.2, 0.25) is 5.91 Å². The Balaban J connectivity index is 1.62. The Kier molecular flexibility index (Phi) is 6.60. The average Bonchev–Trinajstić information content (AvgIpc) is 3.11. The van der Waals surface area contributed by atoms with Gasteiger partial charge in [-0.25, -0.2) is 4.39 Å². The summed E-state index contributed by atoms with van der Waals surface area (Å²) in [6.45, 7) is 6.40. The molecule has 3 aromatic rings. The van der Waals surface area contributed by atoms with Gasteiger partial charge in [-0.15, -0.1) is 16.8 Å². The van der Waals surface area contributed by atoms with E-state index in [-0.39, 0.29) is 17.5 Å². The van der Waals surface area contributed by atoms with Crippen LogP contribution in [-0.4, -0.2) is 26.4 Å². The van der Waals surface area contributed by atoms with Crippen LogP contribution in [0.4, 0.5) is 4.39 Å². The van der Waals surface area contributed by atoms with E-state index in [2.05, 4.69) is 22.1 Å². The highest BCUT2D eigenvalue weighted by Crippen LogP contribution is 2.23. The molecule has 0 radical (unpaired) electrons. The lowest BCUT2D eigenvalue weighted by Crippen LogP contribution is -2.24. The molecule has 28 heavy (non-hydrogen) atoms. The number of halogens is 1. The highest BCUT2D eigenvalue weighted by atomic mass is 32.2. The maximum absolute atomic E-state index is 13.3. The van der Waals surface area contributed by atoms with Gasteiger partial charge in [0.05, 0.1) is 5.75 Å². The molecule has 1 N–H and O–H groups in total. The average molecular weight is 396 g/mol. The summed E-state index contributed by atoms with van der Waals surface area (Å²) >= 11 is 1.32. The summed E-state index contributed by atoms with van der Waals surface area (Å²) in [4.78, 5) is 12.2. The van der Waals surface area contributed by atoms with E-state index in [1.54, 1.807) is 25.1 Å². The molecule has 7 heteroatoms. The zero-order chi connectivity index (χ0) is 19.9. The second-order valence-corrected chi connectivity index (χ2v) is 7.16. The van der Waals surface area contributed by atoms with Crippen molar-refractivity contribution in [2.24, 2.45) is 0 Å². The molecule has 1 amide bonds. The number of carbonyl (C=O) groups excluding carboxylic acids is 1. The summed E-state index contributed by atoms with van der Waals surface area (Å²) in [7, 11) is 0. The molecule has 0 unspecified atom stereocenters. The Hall–Kier alpha value is -2.93. The number of aryl methyl sites for hydroxylation is 1. The van der Waals surface area contributed by atoms with E-state index >= 15 is 0 Å². The number of amides is 1. The molecule has 0 aliphatic heterocycles. The number of thioether (sulfide) groups is 1. The molecule has 0 saturated carbocycles. The Morgan fingerprint density at radius 2 is 2.04 bits per heavy atom. The predicted octanol–water partition coefficient (Wildman–Crippen LogP) is 3.99. The number of hydrogen-bond acceptors (Lipinski definition) is 4. The Labute approximate surface area is 167 Å². The van der Waals surface area contributed by atoms with Crippen molar-refractivity contribution < 1.29 is 9.18 Å². The van der Waals surface area contributed by atoms with Gasteiger partial charge in [-0.2, -0.15) is 0 Å². The zero-order valence-corrected chi connectivity index (χ0v) is 16.4. The molecule has 1 heterocycles. The monoisotopic (exact) mass is 396 g/mol. The maximum atomic E-state index is 13.3. The van der Waals surface area contributed by atoms with Gasteiger partial charge in [0.1, 0.15) is 5.82 Å². The van der Waals surface area contributed by atoms with Crippen LogP contribution in [0.25, 0.3) is 11.4 Å². The molecular weight excluding hydrogens is 375 g/mol. The van der Waals surface area contributed by atoms with Gasteiger partial charge in [0, 0.05) is 18.7 Å². The molecule has 0 saturated heterocycles. The molecule has 1 aromatic heterocycles. The van der Waals surface area contributed by atoms with Crippen LogP contribution in [0.5, 0.6) is 0 Å². The van der Waals surface area contributed by atoms with Crippen LogP contribution in [-0.2, 0) is 17.9 Å². The topological polar surface area (TPSA) is 59.8 Å². The van der Waals surface area contributed by atoms with Gasteiger partial charge in [-0.05, 0) is 24.1 Å². The minimum absolute atomic E-state index is 0.124. The minimum Gasteiger partial charge on any atom is -0.351 e. The smallest absolute Gasteiger partial charge is 0.230 e. The van der Waals surface area contributed by atoms with Crippen molar-refractivity contribution in [2.45, 2.75) is 25.2 Å². The molecule has 0 aliphatic carbocycles. The number of aromatic nitrogens is 3. The van der Waals surface area contributed by atoms with E-state index in [0.717, 1.165) is 17.0 Å². The van der Waals surface area contributed by atoms with Crippen molar-refractivity contribution in [3.05, 3.63) is 78.1 Å².